The highest BCUT2D eigenvalue weighted by atomic mass is 79.9. The number of methoxy groups -OCH3 is 1. The van der Waals surface area contributed by atoms with Gasteiger partial charge in [0, 0.05) is 17.6 Å². The smallest absolute Gasteiger partial charge is 0.0753 e. The highest BCUT2D eigenvalue weighted by molar-refractivity contribution is 9.10. The van der Waals surface area contributed by atoms with Gasteiger partial charge in [0.1, 0.15) is 0 Å². The molecule has 0 aromatic heterocycles. The Morgan fingerprint density at radius 1 is 1.50 bits per heavy atom. The number of benzene rings is 1. The van der Waals surface area contributed by atoms with Crippen LogP contribution in [0.15, 0.2) is 28.7 Å². The van der Waals surface area contributed by atoms with Gasteiger partial charge in [-0.15, -0.1) is 0 Å². The van der Waals surface area contributed by atoms with Gasteiger partial charge in [-0.05, 0) is 42.9 Å². The Morgan fingerprint density at radius 2 is 2.25 bits per heavy atom. The van der Waals surface area contributed by atoms with Crippen LogP contribution in [-0.4, -0.2) is 19.3 Å². The van der Waals surface area contributed by atoms with Crippen LogP contribution in [0.3, 0.4) is 0 Å². The van der Waals surface area contributed by atoms with Crippen molar-refractivity contribution >= 4 is 15.9 Å². The van der Waals surface area contributed by atoms with E-state index in [-0.39, 0.29) is 12.1 Å². The average molecular weight is 284 g/mol. The van der Waals surface area contributed by atoms with E-state index in [1.807, 2.05) is 12.1 Å². The van der Waals surface area contributed by atoms with E-state index in [9.17, 15) is 0 Å². The molecule has 1 fully saturated rings. The lowest BCUT2D eigenvalue weighted by molar-refractivity contribution is 0.0627. The summed E-state index contributed by atoms with van der Waals surface area (Å²) in [6.07, 6.45) is 3.64. The summed E-state index contributed by atoms with van der Waals surface area (Å²) in [5, 5.41) is 0. The molecular formula is C13H18BrNO. The van der Waals surface area contributed by atoms with Gasteiger partial charge in [0.05, 0.1) is 6.10 Å². The third-order valence-corrected chi connectivity index (χ3v) is 3.63. The Balaban J connectivity index is 1.97. The summed E-state index contributed by atoms with van der Waals surface area (Å²) in [4.78, 5) is 0. The van der Waals surface area contributed by atoms with Gasteiger partial charge >= 0.3 is 0 Å². The van der Waals surface area contributed by atoms with Crippen LogP contribution in [0.5, 0.6) is 0 Å². The van der Waals surface area contributed by atoms with Crippen molar-refractivity contribution in [2.75, 3.05) is 7.11 Å². The highest BCUT2D eigenvalue weighted by Gasteiger charge is 2.35. The van der Waals surface area contributed by atoms with Crippen molar-refractivity contribution in [3.63, 3.8) is 0 Å². The van der Waals surface area contributed by atoms with Crippen LogP contribution in [0.1, 0.15) is 18.4 Å². The molecule has 0 saturated heterocycles. The van der Waals surface area contributed by atoms with E-state index < -0.39 is 0 Å². The summed E-state index contributed by atoms with van der Waals surface area (Å²) in [6, 6.07) is 8.42. The average Bonchev–Trinajstić information content (AvgIpc) is 3.03. The monoisotopic (exact) mass is 283 g/mol. The number of hydrogen-bond acceptors (Lipinski definition) is 2. The van der Waals surface area contributed by atoms with Gasteiger partial charge in [-0.2, -0.15) is 0 Å². The van der Waals surface area contributed by atoms with E-state index in [0.717, 1.165) is 10.9 Å². The van der Waals surface area contributed by atoms with Crippen molar-refractivity contribution in [1.29, 1.82) is 0 Å². The fourth-order valence-electron chi connectivity index (χ4n) is 2.19. The molecule has 3 heteroatoms. The maximum absolute atomic E-state index is 6.21. The highest BCUT2D eigenvalue weighted by Crippen LogP contribution is 2.35. The van der Waals surface area contributed by atoms with Crippen molar-refractivity contribution in [3.8, 4) is 0 Å². The Hall–Kier alpha value is -0.380. The van der Waals surface area contributed by atoms with Gasteiger partial charge in [0.25, 0.3) is 0 Å². The number of hydrogen-bond donors (Lipinski definition) is 1. The van der Waals surface area contributed by atoms with Crippen LogP contribution in [0, 0.1) is 5.92 Å². The zero-order valence-corrected chi connectivity index (χ0v) is 11.1. The van der Waals surface area contributed by atoms with Gasteiger partial charge in [-0.1, -0.05) is 28.1 Å². The standard InChI is InChI=1S/C13H18BrNO/c1-16-13(10-5-6-10)12(15)8-9-3-2-4-11(14)7-9/h2-4,7,10,12-13H,5-6,8,15H2,1H3. The fraction of sp³-hybridized carbons (Fsp3) is 0.538. The molecule has 1 aliphatic carbocycles. The SMILES string of the molecule is COC(C(N)Cc1cccc(Br)c1)C1CC1. The van der Waals surface area contributed by atoms with Crippen LogP contribution in [0.25, 0.3) is 0 Å². The third-order valence-electron chi connectivity index (χ3n) is 3.14. The maximum atomic E-state index is 6.21. The molecule has 2 unspecified atom stereocenters. The van der Waals surface area contributed by atoms with Gasteiger partial charge in [0.2, 0.25) is 0 Å². The molecule has 2 N–H and O–H groups in total. The minimum absolute atomic E-state index is 0.104. The molecule has 2 nitrogen and oxygen atoms in total. The van der Waals surface area contributed by atoms with Gasteiger partial charge < -0.3 is 10.5 Å². The summed E-state index contributed by atoms with van der Waals surface area (Å²) in [6.45, 7) is 0. The first-order chi connectivity index (χ1) is 7.70. The number of nitrogens with two attached hydrogens (primary N) is 1. The molecule has 1 saturated carbocycles. The normalized spacial score (nSPS) is 19.4. The minimum atomic E-state index is 0.104. The molecule has 16 heavy (non-hydrogen) atoms. The Morgan fingerprint density at radius 3 is 2.81 bits per heavy atom. The lowest BCUT2D eigenvalue weighted by Gasteiger charge is -2.22. The fourth-order valence-corrected chi connectivity index (χ4v) is 2.64. The lowest BCUT2D eigenvalue weighted by atomic mass is 9.99. The summed E-state index contributed by atoms with van der Waals surface area (Å²) in [5.41, 5.74) is 7.48. The van der Waals surface area contributed by atoms with Crippen molar-refractivity contribution in [2.24, 2.45) is 11.7 Å². The quantitative estimate of drug-likeness (QED) is 0.902. The van der Waals surface area contributed by atoms with Crippen LogP contribution >= 0.6 is 15.9 Å². The summed E-state index contributed by atoms with van der Waals surface area (Å²) >= 11 is 3.48. The number of rotatable bonds is 5. The molecular weight excluding hydrogens is 266 g/mol. The molecule has 88 valence electrons. The van der Waals surface area contributed by atoms with E-state index >= 15 is 0 Å². The number of ether oxygens (including phenoxy) is 1. The van der Waals surface area contributed by atoms with Gasteiger partial charge in [-0.25, -0.2) is 0 Å². The predicted molar refractivity (Wildman–Crippen MR) is 69.3 cm³/mol. The first-order valence-electron chi connectivity index (χ1n) is 5.73. The summed E-state index contributed by atoms with van der Waals surface area (Å²) in [5.74, 6) is 0.687. The Labute approximate surface area is 105 Å². The Bertz CT molecular complexity index is 352. The first-order valence-corrected chi connectivity index (χ1v) is 6.53. The lowest BCUT2D eigenvalue weighted by Crippen LogP contribution is -2.39. The van der Waals surface area contributed by atoms with E-state index in [0.29, 0.717) is 5.92 Å². The van der Waals surface area contributed by atoms with Crippen molar-refractivity contribution in [2.45, 2.75) is 31.4 Å². The third kappa shape index (κ3) is 3.06. The van der Waals surface area contributed by atoms with E-state index in [1.54, 1.807) is 7.11 Å². The molecule has 1 aromatic carbocycles. The molecule has 0 amide bonds. The van der Waals surface area contributed by atoms with E-state index in [4.69, 9.17) is 10.5 Å². The van der Waals surface area contributed by atoms with Crippen LogP contribution in [-0.2, 0) is 11.2 Å². The Kier molecular flexibility index (Phi) is 4.00. The van der Waals surface area contributed by atoms with Gasteiger partial charge in [0.15, 0.2) is 0 Å². The van der Waals surface area contributed by atoms with Gasteiger partial charge in [-0.3, -0.25) is 0 Å². The zero-order chi connectivity index (χ0) is 11.5. The zero-order valence-electron chi connectivity index (χ0n) is 9.53. The van der Waals surface area contributed by atoms with E-state index in [1.165, 1.54) is 18.4 Å². The second-order valence-electron chi connectivity index (χ2n) is 4.54. The first kappa shape index (κ1) is 12.1. The summed E-state index contributed by atoms with van der Waals surface area (Å²) < 4.78 is 6.61. The van der Waals surface area contributed by atoms with Crippen molar-refractivity contribution in [1.82, 2.24) is 0 Å². The van der Waals surface area contributed by atoms with E-state index in [2.05, 4.69) is 28.1 Å². The molecule has 0 bridgehead atoms. The predicted octanol–water partition coefficient (Wildman–Crippen LogP) is 2.74. The minimum Gasteiger partial charge on any atom is -0.380 e. The topological polar surface area (TPSA) is 35.2 Å². The largest absolute Gasteiger partial charge is 0.380 e. The van der Waals surface area contributed by atoms with Crippen molar-refractivity contribution in [3.05, 3.63) is 34.3 Å². The number of halogens is 1. The second-order valence-corrected chi connectivity index (χ2v) is 5.45. The van der Waals surface area contributed by atoms with Crippen LogP contribution in [0.2, 0.25) is 0 Å². The van der Waals surface area contributed by atoms with Crippen LogP contribution in [0.4, 0.5) is 0 Å². The maximum Gasteiger partial charge on any atom is 0.0753 e. The molecule has 0 aliphatic heterocycles. The second kappa shape index (κ2) is 5.30. The van der Waals surface area contributed by atoms with Crippen molar-refractivity contribution < 1.29 is 4.74 Å². The van der Waals surface area contributed by atoms with Crippen LogP contribution < -0.4 is 5.73 Å². The molecule has 0 spiro atoms. The molecule has 2 rings (SSSR count). The molecule has 1 aromatic rings. The summed E-state index contributed by atoms with van der Waals surface area (Å²) in [7, 11) is 1.77. The molecule has 0 heterocycles. The molecule has 1 aliphatic rings. The molecule has 2 atom stereocenters. The molecule has 0 radical (unpaired) electrons.